The molecule has 8 heteroatoms. The molecule has 0 fully saturated rings. The van der Waals surface area contributed by atoms with Crippen LogP contribution in [0.25, 0.3) is 0 Å². The fraction of sp³-hybridized carbons (Fsp3) is 0.353. The summed E-state index contributed by atoms with van der Waals surface area (Å²) in [7, 11) is 3.26. The third-order valence-corrected chi connectivity index (χ3v) is 5.08. The number of nitrogens with zero attached hydrogens (tertiary/aromatic N) is 2. The molecule has 0 radical (unpaired) electrons. The van der Waals surface area contributed by atoms with Gasteiger partial charge in [0.2, 0.25) is 5.91 Å². The van der Waals surface area contributed by atoms with Crippen LogP contribution in [-0.2, 0) is 11.8 Å². The molecular weight excluding hydrogens is 342 g/mol. The number of benzene rings is 1. The number of aromatic hydroxyl groups is 1. The van der Waals surface area contributed by atoms with E-state index >= 15 is 0 Å². The predicted octanol–water partition coefficient (Wildman–Crippen LogP) is 2.08. The van der Waals surface area contributed by atoms with Crippen LogP contribution in [0.15, 0.2) is 28.2 Å². The molecule has 0 spiro atoms. The van der Waals surface area contributed by atoms with Gasteiger partial charge in [0.15, 0.2) is 5.16 Å². The van der Waals surface area contributed by atoms with E-state index in [1.807, 2.05) is 6.92 Å². The van der Waals surface area contributed by atoms with E-state index in [1.54, 1.807) is 17.7 Å². The minimum Gasteiger partial charge on any atom is -0.508 e. The molecule has 1 aliphatic heterocycles. The van der Waals surface area contributed by atoms with Crippen molar-refractivity contribution in [2.75, 3.05) is 18.2 Å². The summed E-state index contributed by atoms with van der Waals surface area (Å²) >= 11 is 1.44. The van der Waals surface area contributed by atoms with Gasteiger partial charge < -0.3 is 19.7 Å². The van der Waals surface area contributed by atoms with E-state index in [-0.39, 0.29) is 23.6 Å². The molecule has 3 rings (SSSR count). The first kappa shape index (κ1) is 17.3. The normalized spacial score (nSPS) is 16.3. The highest BCUT2D eigenvalue weighted by atomic mass is 32.2. The molecule has 1 aromatic heterocycles. The molecule has 0 bridgehead atoms. The molecular formula is C17H19N3O4S. The number of carbonyl (C=O) groups excluding carboxylic acids is 1. The highest BCUT2D eigenvalue weighted by Crippen LogP contribution is 2.40. The Morgan fingerprint density at radius 1 is 1.44 bits per heavy atom. The number of rotatable bonds is 4. The van der Waals surface area contributed by atoms with Crippen LogP contribution in [0, 0.1) is 0 Å². The summed E-state index contributed by atoms with van der Waals surface area (Å²) in [5.41, 5.74) is 0.752. The van der Waals surface area contributed by atoms with Crippen LogP contribution < -0.4 is 15.6 Å². The number of methoxy groups -OCH3 is 1. The summed E-state index contributed by atoms with van der Waals surface area (Å²) in [5, 5.41) is 13.0. The van der Waals surface area contributed by atoms with Gasteiger partial charge in [-0.3, -0.25) is 9.59 Å². The van der Waals surface area contributed by atoms with Crippen molar-refractivity contribution in [2.24, 2.45) is 7.05 Å². The molecule has 1 amide bonds. The predicted molar refractivity (Wildman–Crippen MR) is 95.6 cm³/mol. The third kappa shape index (κ3) is 3.09. The number of nitrogens with one attached hydrogen (secondary N) is 1. The van der Waals surface area contributed by atoms with Crippen LogP contribution in [0.2, 0.25) is 0 Å². The maximum atomic E-state index is 12.7. The number of hydrogen-bond acceptors (Lipinski definition) is 6. The lowest BCUT2D eigenvalue weighted by atomic mass is 9.86. The number of fused-ring (bicyclic) bond motifs is 1. The van der Waals surface area contributed by atoms with Crippen LogP contribution in [0.5, 0.6) is 11.5 Å². The Balaban J connectivity index is 2.22. The molecule has 25 heavy (non-hydrogen) atoms. The van der Waals surface area contributed by atoms with Gasteiger partial charge in [0.25, 0.3) is 5.56 Å². The van der Waals surface area contributed by atoms with Gasteiger partial charge in [0.05, 0.1) is 12.7 Å². The summed E-state index contributed by atoms with van der Waals surface area (Å²) in [5.74, 6) is 1.06. The molecule has 0 saturated heterocycles. The van der Waals surface area contributed by atoms with Gasteiger partial charge in [0, 0.05) is 31.0 Å². The van der Waals surface area contributed by atoms with Gasteiger partial charge in [-0.15, -0.1) is 0 Å². The molecule has 132 valence electrons. The summed E-state index contributed by atoms with van der Waals surface area (Å²) in [6, 6.07) is 4.67. The zero-order chi connectivity index (χ0) is 18.1. The van der Waals surface area contributed by atoms with Crippen molar-refractivity contribution >= 4 is 23.5 Å². The fourth-order valence-corrected chi connectivity index (χ4v) is 3.74. The molecule has 7 nitrogen and oxygen atoms in total. The molecule has 2 aromatic rings. The Morgan fingerprint density at radius 3 is 2.88 bits per heavy atom. The molecule has 1 aromatic carbocycles. The lowest BCUT2D eigenvalue weighted by molar-refractivity contribution is -0.116. The van der Waals surface area contributed by atoms with Gasteiger partial charge in [-0.1, -0.05) is 24.8 Å². The van der Waals surface area contributed by atoms with Crippen LogP contribution in [-0.4, -0.2) is 33.4 Å². The molecule has 1 atom stereocenters. The van der Waals surface area contributed by atoms with Gasteiger partial charge in [-0.25, -0.2) is 0 Å². The Hall–Kier alpha value is -2.48. The van der Waals surface area contributed by atoms with Crippen molar-refractivity contribution in [1.29, 1.82) is 0 Å². The smallest absolute Gasteiger partial charge is 0.279 e. The first-order valence-corrected chi connectivity index (χ1v) is 8.85. The Morgan fingerprint density at radius 2 is 2.20 bits per heavy atom. The standard InChI is InChI=1S/C17H19N3O4S/c1-4-25-17-19-16(23)14-11(8-13(22)18-15(14)20(17)2)10-6-5-9(21)7-12(10)24-3/h5-7,11,21H,4,8H2,1-3H3,(H,18,22)/t11-/m0/s1. The van der Waals surface area contributed by atoms with Crippen LogP contribution in [0.3, 0.4) is 0 Å². The van der Waals surface area contributed by atoms with Gasteiger partial charge in [-0.05, 0) is 11.8 Å². The maximum Gasteiger partial charge on any atom is 0.279 e. The van der Waals surface area contributed by atoms with E-state index < -0.39 is 5.92 Å². The quantitative estimate of drug-likeness (QED) is 0.640. The van der Waals surface area contributed by atoms with E-state index in [1.165, 1.54) is 31.0 Å². The van der Waals surface area contributed by atoms with Crippen molar-refractivity contribution in [3.8, 4) is 11.5 Å². The van der Waals surface area contributed by atoms with E-state index in [0.717, 1.165) is 5.75 Å². The summed E-state index contributed by atoms with van der Waals surface area (Å²) in [6.07, 6.45) is 0.116. The summed E-state index contributed by atoms with van der Waals surface area (Å²) in [4.78, 5) is 29.1. The molecule has 2 heterocycles. The van der Waals surface area contributed by atoms with E-state index in [4.69, 9.17) is 4.74 Å². The van der Waals surface area contributed by atoms with Crippen molar-refractivity contribution < 1.29 is 14.6 Å². The number of carbonyl (C=O) groups is 1. The average molecular weight is 361 g/mol. The lowest BCUT2D eigenvalue weighted by Gasteiger charge is -2.28. The van der Waals surface area contributed by atoms with Crippen LogP contribution >= 0.6 is 11.8 Å². The largest absolute Gasteiger partial charge is 0.508 e. The number of ether oxygens (including phenoxy) is 1. The van der Waals surface area contributed by atoms with Crippen molar-refractivity contribution in [3.05, 3.63) is 39.7 Å². The average Bonchev–Trinajstić information content (AvgIpc) is 2.58. The van der Waals surface area contributed by atoms with E-state index in [2.05, 4.69) is 10.3 Å². The number of phenolic OH excluding ortho intramolecular Hbond substituents is 1. The van der Waals surface area contributed by atoms with Crippen molar-refractivity contribution in [1.82, 2.24) is 9.55 Å². The number of amides is 1. The lowest BCUT2D eigenvalue weighted by Crippen LogP contribution is -2.33. The Labute approximate surface area is 149 Å². The highest BCUT2D eigenvalue weighted by Gasteiger charge is 2.33. The van der Waals surface area contributed by atoms with Gasteiger partial charge >= 0.3 is 0 Å². The zero-order valence-corrected chi connectivity index (χ0v) is 15.0. The fourth-order valence-electron chi connectivity index (χ4n) is 3.05. The van der Waals surface area contributed by atoms with Crippen LogP contribution in [0.4, 0.5) is 5.82 Å². The maximum absolute atomic E-state index is 12.7. The molecule has 2 N–H and O–H groups in total. The Kier molecular flexibility index (Phi) is 4.71. The Bertz CT molecular complexity index is 894. The molecule has 0 saturated carbocycles. The second-order valence-electron chi connectivity index (χ2n) is 5.68. The monoisotopic (exact) mass is 361 g/mol. The van der Waals surface area contributed by atoms with E-state index in [9.17, 15) is 14.7 Å². The van der Waals surface area contributed by atoms with Crippen molar-refractivity contribution in [2.45, 2.75) is 24.4 Å². The number of hydrogen-bond donors (Lipinski definition) is 2. The minimum atomic E-state index is -0.480. The zero-order valence-electron chi connectivity index (χ0n) is 14.2. The first-order valence-electron chi connectivity index (χ1n) is 7.86. The van der Waals surface area contributed by atoms with Crippen LogP contribution in [0.1, 0.15) is 30.4 Å². The molecule has 0 aliphatic carbocycles. The molecule has 1 aliphatic rings. The minimum absolute atomic E-state index is 0.0572. The number of phenols is 1. The molecule has 0 unspecified atom stereocenters. The number of aromatic nitrogens is 2. The number of thioether (sulfide) groups is 1. The second-order valence-corrected chi connectivity index (χ2v) is 6.92. The first-order chi connectivity index (χ1) is 12.0. The third-order valence-electron chi connectivity index (χ3n) is 4.17. The highest BCUT2D eigenvalue weighted by molar-refractivity contribution is 7.99. The SMILES string of the molecule is CCSc1nc(=O)c2c(n1C)NC(=O)C[C@H]2c1ccc(O)cc1OC. The van der Waals surface area contributed by atoms with Gasteiger partial charge in [-0.2, -0.15) is 4.98 Å². The second kappa shape index (κ2) is 6.79. The topological polar surface area (TPSA) is 93.5 Å². The van der Waals surface area contributed by atoms with Crippen molar-refractivity contribution in [3.63, 3.8) is 0 Å². The summed E-state index contributed by atoms with van der Waals surface area (Å²) in [6.45, 7) is 1.97. The van der Waals surface area contributed by atoms with Gasteiger partial charge in [0.1, 0.15) is 17.3 Å². The number of anilines is 1. The van der Waals surface area contributed by atoms with E-state index in [0.29, 0.717) is 27.9 Å². The summed E-state index contributed by atoms with van der Waals surface area (Å²) < 4.78 is 7.07.